The highest BCUT2D eigenvalue weighted by atomic mass is 35.5. The molecular weight excluding hydrogens is 292 g/mol. The summed E-state index contributed by atoms with van der Waals surface area (Å²) in [5.41, 5.74) is 1.30. The van der Waals surface area contributed by atoms with Gasteiger partial charge in [0.05, 0.1) is 17.5 Å². The van der Waals surface area contributed by atoms with E-state index in [-0.39, 0.29) is 22.9 Å². The molecule has 0 spiro atoms. The van der Waals surface area contributed by atoms with E-state index in [2.05, 4.69) is 10.3 Å². The van der Waals surface area contributed by atoms with Gasteiger partial charge in [0.25, 0.3) is 0 Å². The predicted molar refractivity (Wildman–Crippen MR) is 78.0 cm³/mol. The van der Waals surface area contributed by atoms with Gasteiger partial charge < -0.3 is 10.4 Å². The number of fused-ring (bicyclic) bond motifs is 2. The molecule has 0 saturated heterocycles. The molecule has 2 N–H and O–H groups in total. The lowest BCUT2D eigenvalue weighted by Gasteiger charge is -2.24. The molecule has 2 aliphatic carbocycles. The van der Waals surface area contributed by atoms with Crippen molar-refractivity contribution in [2.24, 2.45) is 23.7 Å². The molecule has 2 bridgehead atoms. The van der Waals surface area contributed by atoms with Crippen molar-refractivity contribution in [2.45, 2.75) is 13.3 Å². The molecule has 1 saturated carbocycles. The van der Waals surface area contributed by atoms with Gasteiger partial charge in [-0.1, -0.05) is 23.8 Å². The van der Waals surface area contributed by atoms with Gasteiger partial charge in [-0.25, -0.2) is 4.98 Å². The van der Waals surface area contributed by atoms with Crippen molar-refractivity contribution >= 4 is 29.2 Å². The first-order valence-electron chi connectivity index (χ1n) is 6.81. The summed E-state index contributed by atoms with van der Waals surface area (Å²) in [6.07, 6.45) is 6.20. The van der Waals surface area contributed by atoms with Crippen LogP contribution in [0.4, 0.5) is 5.69 Å². The smallest absolute Gasteiger partial charge is 0.307 e. The van der Waals surface area contributed by atoms with E-state index in [1.54, 1.807) is 12.3 Å². The SMILES string of the molecule is Cc1cnc(Cl)c(NC(=O)[C@H]2C3C=CC(C3)[C@H]2C(=O)O)c1. The predicted octanol–water partition coefficient (Wildman–Crippen LogP) is 2.50. The fourth-order valence-corrected chi connectivity index (χ4v) is 3.52. The highest BCUT2D eigenvalue weighted by Gasteiger charge is 2.51. The Morgan fingerprint density at radius 2 is 2.00 bits per heavy atom. The maximum Gasteiger partial charge on any atom is 0.307 e. The third kappa shape index (κ3) is 2.42. The number of carbonyl (C=O) groups excluding carboxylic acids is 1. The van der Waals surface area contributed by atoms with Crippen LogP contribution in [0.3, 0.4) is 0 Å². The van der Waals surface area contributed by atoms with Gasteiger partial charge in [-0.05, 0) is 36.8 Å². The summed E-state index contributed by atoms with van der Waals surface area (Å²) in [5.74, 6) is -2.47. The first-order valence-corrected chi connectivity index (χ1v) is 7.19. The molecule has 110 valence electrons. The summed E-state index contributed by atoms with van der Waals surface area (Å²) >= 11 is 5.97. The molecule has 1 fully saturated rings. The zero-order chi connectivity index (χ0) is 15.1. The Kier molecular flexibility index (Phi) is 3.45. The van der Waals surface area contributed by atoms with Crippen molar-refractivity contribution in [1.82, 2.24) is 4.98 Å². The van der Waals surface area contributed by atoms with Crippen molar-refractivity contribution < 1.29 is 14.7 Å². The minimum absolute atomic E-state index is 0.00681. The maximum absolute atomic E-state index is 12.5. The minimum atomic E-state index is -0.916. The topological polar surface area (TPSA) is 79.3 Å². The van der Waals surface area contributed by atoms with Crippen LogP contribution in [0, 0.1) is 30.6 Å². The molecule has 1 heterocycles. The number of carboxylic acids is 1. The molecular formula is C15H15ClN2O3. The lowest BCUT2D eigenvalue weighted by molar-refractivity contribution is -0.146. The number of rotatable bonds is 3. The van der Waals surface area contributed by atoms with Crippen LogP contribution in [0.15, 0.2) is 24.4 Å². The Balaban J connectivity index is 1.83. The van der Waals surface area contributed by atoms with Gasteiger partial charge in [-0.3, -0.25) is 9.59 Å². The Morgan fingerprint density at radius 1 is 1.33 bits per heavy atom. The molecule has 6 heteroatoms. The van der Waals surface area contributed by atoms with Gasteiger partial charge in [0.2, 0.25) is 5.91 Å². The van der Waals surface area contributed by atoms with Gasteiger partial charge >= 0.3 is 5.97 Å². The Morgan fingerprint density at radius 3 is 2.67 bits per heavy atom. The number of nitrogens with one attached hydrogen (secondary N) is 1. The van der Waals surface area contributed by atoms with Gasteiger partial charge in [-0.2, -0.15) is 0 Å². The summed E-state index contributed by atoms with van der Waals surface area (Å²) in [5, 5.41) is 12.3. The van der Waals surface area contributed by atoms with Crippen LogP contribution in [-0.4, -0.2) is 22.0 Å². The number of pyridine rings is 1. The average molecular weight is 307 g/mol. The zero-order valence-corrected chi connectivity index (χ0v) is 12.2. The number of amides is 1. The minimum Gasteiger partial charge on any atom is -0.481 e. The number of carbonyl (C=O) groups is 2. The lowest BCUT2D eigenvalue weighted by Crippen LogP contribution is -2.36. The van der Waals surface area contributed by atoms with E-state index in [1.165, 1.54) is 0 Å². The Hall–Kier alpha value is -1.88. The molecule has 2 unspecified atom stereocenters. The molecule has 0 radical (unpaired) electrons. The van der Waals surface area contributed by atoms with E-state index in [0.29, 0.717) is 5.69 Å². The number of allylic oxidation sites excluding steroid dienone is 2. The van der Waals surface area contributed by atoms with Crippen molar-refractivity contribution in [3.8, 4) is 0 Å². The third-order valence-electron chi connectivity index (χ3n) is 4.28. The molecule has 2 aliphatic rings. The van der Waals surface area contributed by atoms with E-state index in [9.17, 15) is 14.7 Å². The largest absolute Gasteiger partial charge is 0.481 e. The summed E-state index contributed by atoms with van der Waals surface area (Å²) in [6, 6.07) is 1.73. The standard InChI is InChI=1S/C15H15ClN2O3/c1-7-4-10(13(16)17-6-7)18-14(19)11-8-2-3-9(5-8)12(11)15(20)21/h2-4,6,8-9,11-12H,5H2,1H3,(H,18,19)(H,20,21)/t8?,9?,11-,12+/m0/s1. The second kappa shape index (κ2) is 5.15. The van der Waals surface area contributed by atoms with E-state index in [4.69, 9.17) is 11.6 Å². The van der Waals surface area contributed by atoms with Crippen LogP contribution in [-0.2, 0) is 9.59 Å². The maximum atomic E-state index is 12.5. The molecule has 0 aliphatic heterocycles. The average Bonchev–Trinajstić information content (AvgIpc) is 3.03. The summed E-state index contributed by atoms with van der Waals surface area (Å²) < 4.78 is 0. The molecule has 1 aromatic heterocycles. The normalized spacial score (nSPS) is 29.6. The fraction of sp³-hybridized carbons (Fsp3) is 0.400. The molecule has 21 heavy (non-hydrogen) atoms. The highest BCUT2D eigenvalue weighted by molar-refractivity contribution is 6.32. The van der Waals surface area contributed by atoms with Gasteiger partial charge in [0.15, 0.2) is 5.15 Å². The molecule has 4 atom stereocenters. The van der Waals surface area contributed by atoms with E-state index in [0.717, 1.165) is 12.0 Å². The first-order chi connectivity index (χ1) is 9.97. The number of anilines is 1. The highest BCUT2D eigenvalue weighted by Crippen LogP contribution is 2.48. The number of hydrogen-bond acceptors (Lipinski definition) is 3. The van der Waals surface area contributed by atoms with Crippen LogP contribution in [0.2, 0.25) is 5.15 Å². The molecule has 0 aromatic carbocycles. The van der Waals surface area contributed by atoms with Crippen molar-refractivity contribution in [3.63, 3.8) is 0 Å². The molecule has 3 rings (SSSR count). The van der Waals surface area contributed by atoms with Gasteiger partial charge in [0.1, 0.15) is 0 Å². The van der Waals surface area contributed by atoms with E-state index in [1.807, 2.05) is 19.1 Å². The number of carboxylic acid groups (broad SMARTS) is 1. The quantitative estimate of drug-likeness (QED) is 0.664. The number of aryl methyl sites for hydroxylation is 1. The second-order valence-corrected chi connectivity index (χ2v) is 6.04. The summed E-state index contributed by atoms with van der Waals surface area (Å²) in [4.78, 5) is 27.9. The number of nitrogens with zero attached hydrogens (tertiary/aromatic N) is 1. The monoisotopic (exact) mass is 306 g/mol. The van der Waals surface area contributed by atoms with Gasteiger partial charge in [0, 0.05) is 6.20 Å². The summed E-state index contributed by atoms with van der Waals surface area (Å²) in [7, 11) is 0. The van der Waals surface area contributed by atoms with Crippen molar-refractivity contribution in [2.75, 3.05) is 5.32 Å². The van der Waals surface area contributed by atoms with Crippen molar-refractivity contribution in [3.05, 3.63) is 35.1 Å². The van der Waals surface area contributed by atoms with Crippen LogP contribution in [0.1, 0.15) is 12.0 Å². The number of aromatic nitrogens is 1. The van der Waals surface area contributed by atoms with Crippen LogP contribution in [0.5, 0.6) is 0 Å². The van der Waals surface area contributed by atoms with Crippen LogP contribution < -0.4 is 5.32 Å². The number of aliphatic carboxylic acids is 1. The lowest BCUT2D eigenvalue weighted by atomic mass is 9.82. The third-order valence-corrected chi connectivity index (χ3v) is 4.58. The van der Waals surface area contributed by atoms with E-state index >= 15 is 0 Å². The van der Waals surface area contributed by atoms with Crippen LogP contribution in [0.25, 0.3) is 0 Å². The molecule has 1 aromatic rings. The summed E-state index contributed by atoms with van der Waals surface area (Å²) in [6.45, 7) is 1.85. The Labute approximate surface area is 127 Å². The van der Waals surface area contributed by atoms with Crippen LogP contribution >= 0.6 is 11.6 Å². The van der Waals surface area contributed by atoms with Gasteiger partial charge in [-0.15, -0.1) is 0 Å². The fourth-order valence-electron chi connectivity index (χ4n) is 3.37. The first kappa shape index (κ1) is 14.1. The van der Waals surface area contributed by atoms with Crippen molar-refractivity contribution in [1.29, 1.82) is 0 Å². The molecule has 5 nitrogen and oxygen atoms in total. The molecule has 1 amide bonds. The number of halogens is 1. The Bertz CT molecular complexity index is 644. The second-order valence-electron chi connectivity index (χ2n) is 5.68. The number of hydrogen-bond donors (Lipinski definition) is 2. The van der Waals surface area contributed by atoms with E-state index < -0.39 is 17.8 Å². The zero-order valence-electron chi connectivity index (χ0n) is 11.4.